The number of carbonyl (C=O) groups is 2. The Morgan fingerprint density at radius 2 is 2.16 bits per heavy atom. The number of alkyl carbamates (subject to hydrolysis) is 1. The van der Waals surface area contributed by atoms with Crippen LogP contribution in [0.15, 0.2) is 12.3 Å². The summed E-state index contributed by atoms with van der Waals surface area (Å²) < 4.78 is 10.2. The number of nitrogens with one attached hydrogen (secondary N) is 1. The molecule has 19 heavy (non-hydrogen) atoms. The standard InChI is InChI=1S/C13H18N2O4/c1-13(2,3)19-12(17)15-7-10-5-9(8-16)6-14-11(10)18-4/h5-6,8H,7H2,1-4H3,(H,15,17). The van der Waals surface area contributed by atoms with Crippen molar-refractivity contribution in [1.29, 1.82) is 0 Å². The Kier molecular flexibility index (Phi) is 4.86. The van der Waals surface area contributed by atoms with Gasteiger partial charge in [-0.05, 0) is 26.8 Å². The lowest BCUT2D eigenvalue weighted by atomic mass is 10.2. The third-order valence-corrected chi connectivity index (χ3v) is 2.10. The van der Waals surface area contributed by atoms with Gasteiger partial charge in [0.05, 0.1) is 13.7 Å². The molecule has 0 aromatic carbocycles. The summed E-state index contributed by atoms with van der Waals surface area (Å²) in [5.74, 6) is 0.363. The Balaban J connectivity index is 2.71. The number of ether oxygens (including phenoxy) is 2. The van der Waals surface area contributed by atoms with E-state index in [2.05, 4.69) is 10.3 Å². The van der Waals surface area contributed by atoms with Crippen LogP contribution < -0.4 is 10.1 Å². The third kappa shape index (κ3) is 4.95. The van der Waals surface area contributed by atoms with E-state index in [9.17, 15) is 9.59 Å². The van der Waals surface area contributed by atoms with Gasteiger partial charge in [0.25, 0.3) is 0 Å². The van der Waals surface area contributed by atoms with Gasteiger partial charge in [0.15, 0.2) is 6.29 Å². The van der Waals surface area contributed by atoms with Crippen molar-refractivity contribution in [3.63, 3.8) is 0 Å². The lowest BCUT2D eigenvalue weighted by molar-refractivity contribution is 0.0523. The van der Waals surface area contributed by atoms with E-state index in [-0.39, 0.29) is 6.54 Å². The lowest BCUT2D eigenvalue weighted by Crippen LogP contribution is -2.32. The van der Waals surface area contributed by atoms with Crippen molar-refractivity contribution >= 4 is 12.4 Å². The van der Waals surface area contributed by atoms with E-state index in [1.54, 1.807) is 26.8 Å². The summed E-state index contributed by atoms with van der Waals surface area (Å²) in [5, 5.41) is 2.58. The summed E-state index contributed by atoms with van der Waals surface area (Å²) in [6.45, 7) is 5.51. The maximum atomic E-state index is 11.5. The van der Waals surface area contributed by atoms with E-state index in [1.807, 2.05) is 0 Å². The number of nitrogens with zero attached hydrogens (tertiary/aromatic N) is 1. The second-order valence-electron chi connectivity index (χ2n) is 4.91. The highest BCUT2D eigenvalue weighted by atomic mass is 16.6. The average molecular weight is 266 g/mol. The maximum Gasteiger partial charge on any atom is 0.407 e. The second-order valence-corrected chi connectivity index (χ2v) is 4.91. The predicted molar refractivity (Wildman–Crippen MR) is 69.3 cm³/mol. The van der Waals surface area contributed by atoms with E-state index < -0.39 is 11.7 Å². The molecule has 0 fully saturated rings. The fourth-order valence-electron chi connectivity index (χ4n) is 1.37. The zero-order valence-electron chi connectivity index (χ0n) is 11.5. The number of pyridine rings is 1. The van der Waals surface area contributed by atoms with Crippen LogP contribution in [0.25, 0.3) is 0 Å². The molecule has 0 radical (unpaired) electrons. The Morgan fingerprint density at radius 1 is 1.47 bits per heavy atom. The van der Waals surface area contributed by atoms with Gasteiger partial charge in [-0.15, -0.1) is 0 Å². The number of amides is 1. The topological polar surface area (TPSA) is 77.5 Å². The van der Waals surface area contributed by atoms with Crippen LogP contribution in [0, 0.1) is 0 Å². The molecule has 0 aliphatic heterocycles. The number of hydrogen-bond acceptors (Lipinski definition) is 5. The fourth-order valence-corrected chi connectivity index (χ4v) is 1.37. The molecule has 1 N–H and O–H groups in total. The van der Waals surface area contributed by atoms with Gasteiger partial charge >= 0.3 is 6.09 Å². The minimum Gasteiger partial charge on any atom is -0.481 e. The molecule has 0 saturated carbocycles. The summed E-state index contributed by atoms with van der Waals surface area (Å²) in [4.78, 5) is 26.2. The van der Waals surface area contributed by atoms with E-state index in [0.717, 1.165) is 0 Å². The highest BCUT2D eigenvalue weighted by Crippen LogP contribution is 2.15. The predicted octanol–water partition coefficient (Wildman–Crippen LogP) is 1.93. The van der Waals surface area contributed by atoms with E-state index in [1.165, 1.54) is 13.3 Å². The zero-order chi connectivity index (χ0) is 14.5. The summed E-state index contributed by atoms with van der Waals surface area (Å²) in [7, 11) is 1.47. The van der Waals surface area contributed by atoms with Crippen molar-refractivity contribution in [3.8, 4) is 5.88 Å². The minimum atomic E-state index is -0.558. The van der Waals surface area contributed by atoms with Gasteiger partial charge in [-0.25, -0.2) is 9.78 Å². The molecule has 1 heterocycles. The Hall–Kier alpha value is -2.11. The Bertz CT molecular complexity index is 466. The molecule has 0 bridgehead atoms. The molecule has 0 unspecified atom stereocenters. The SMILES string of the molecule is COc1ncc(C=O)cc1CNC(=O)OC(C)(C)C. The van der Waals surface area contributed by atoms with E-state index >= 15 is 0 Å². The first-order valence-electron chi connectivity index (χ1n) is 5.80. The van der Waals surface area contributed by atoms with Crippen LogP contribution in [0.1, 0.15) is 36.7 Å². The van der Waals surface area contributed by atoms with Crippen molar-refractivity contribution in [2.24, 2.45) is 0 Å². The summed E-state index contributed by atoms with van der Waals surface area (Å²) in [5.41, 5.74) is 0.469. The Morgan fingerprint density at radius 3 is 2.68 bits per heavy atom. The van der Waals surface area contributed by atoms with Gasteiger partial charge < -0.3 is 14.8 Å². The van der Waals surface area contributed by atoms with Gasteiger partial charge in [-0.1, -0.05) is 0 Å². The summed E-state index contributed by atoms with van der Waals surface area (Å²) in [6, 6.07) is 1.61. The quantitative estimate of drug-likeness (QED) is 0.842. The number of aldehydes is 1. The van der Waals surface area contributed by atoms with Crippen molar-refractivity contribution in [2.45, 2.75) is 32.9 Å². The van der Waals surface area contributed by atoms with Gasteiger partial charge in [0.1, 0.15) is 5.60 Å². The number of methoxy groups -OCH3 is 1. The van der Waals surface area contributed by atoms with Crippen LogP contribution in [0.3, 0.4) is 0 Å². The third-order valence-electron chi connectivity index (χ3n) is 2.10. The monoisotopic (exact) mass is 266 g/mol. The number of aromatic nitrogens is 1. The van der Waals surface area contributed by atoms with E-state index in [0.29, 0.717) is 23.3 Å². The van der Waals surface area contributed by atoms with Gasteiger partial charge in [0.2, 0.25) is 5.88 Å². The molecule has 1 aromatic rings. The molecule has 0 saturated heterocycles. The van der Waals surface area contributed by atoms with Crippen LogP contribution in [0.4, 0.5) is 4.79 Å². The highest BCUT2D eigenvalue weighted by molar-refractivity contribution is 5.75. The lowest BCUT2D eigenvalue weighted by Gasteiger charge is -2.19. The zero-order valence-corrected chi connectivity index (χ0v) is 11.5. The van der Waals surface area contributed by atoms with Crippen LogP contribution in [-0.4, -0.2) is 30.1 Å². The number of carbonyl (C=O) groups excluding carboxylic acids is 2. The van der Waals surface area contributed by atoms with Crippen molar-refractivity contribution in [1.82, 2.24) is 10.3 Å². The largest absolute Gasteiger partial charge is 0.481 e. The van der Waals surface area contributed by atoms with Crippen LogP contribution in [0.2, 0.25) is 0 Å². The molecule has 1 rings (SSSR count). The maximum absolute atomic E-state index is 11.5. The summed E-state index contributed by atoms with van der Waals surface area (Å²) in [6.07, 6.45) is 1.55. The molecule has 1 amide bonds. The molecule has 0 aliphatic carbocycles. The number of hydrogen-bond donors (Lipinski definition) is 1. The first-order chi connectivity index (χ1) is 8.85. The molecule has 0 aliphatic rings. The van der Waals surface area contributed by atoms with Crippen molar-refractivity contribution < 1.29 is 19.1 Å². The van der Waals surface area contributed by atoms with Crippen LogP contribution in [0.5, 0.6) is 5.88 Å². The summed E-state index contributed by atoms with van der Waals surface area (Å²) >= 11 is 0. The van der Waals surface area contributed by atoms with Crippen LogP contribution in [-0.2, 0) is 11.3 Å². The highest BCUT2D eigenvalue weighted by Gasteiger charge is 2.16. The molecule has 6 heteroatoms. The molecule has 6 nitrogen and oxygen atoms in total. The first kappa shape index (κ1) is 14.9. The van der Waals surface area contributed by atoms with E-state index in [4.69, 9.17) is 9.47 Å². The van der Waals surface area contributed by atoms with Crippen molar-refractivity contribution in [2.75, 3.05) is 7.11 Å². The smallest absolute Gasteiger partial charge is 0.407 e. The second kappa shape index (κ2) is 6.17. The normalized spacial score (nSPS) is 10.7. The molecular weight excluding hydrogens is 248 g/mol. The first-order valence-corrected chi connectivity index (χ1v) is 5.80. The molecule has 104 valence electrons. The molecule has 1 aromatic heterocycles. The fraction of sp³-hybridized carbons (Fsp3) is 0.462. The van der Waals surface area contributed by atoms with Gasteiger partial charge in [0, 0.05) is 17.3 Å². The molecule has 0 atom stereocenters. The average Bonchev–Trinajstić information content (AvgIpc) is 2.33. The van der Waals surface area contributed by atoms with Crippen LogP contribution >= 0.6 is 0 Å². The van der Waals surface area contributed by atoms with Crippen molar-refractivity contribution in [3.05, 3.63) is 23.4 Å². The Labute approximate surface area is 112 Å². The molecular formula is C13H18N2O4. The van der Waals surface area contributed by atoms with Gasteiger partial charge in [-0.3, -0.25) is 4.79 Å². The number of rotatable bonds is 4. The minimum absolute atomic E-state index is 0.173. The van der Waals surface area contributed by atoms with Gasteiger partial charge in [-0.2, -0.15) is 0 Å². The molecule has 0 spiro atoms.